The number of hydrogen-bond donors (Lipinski definition) is 0. The van der Waals surface area contributed by atoms with Crippen LogP contribution in [0.5, 0.6) is 5.75 Å². The van der Waals surface area contributed by atoms with Crippen molar-refractivity contribution >= 4 is 11.7 Å². The van der Waals surface area contributed by atoms with Gasteiger partial charge in [-0.3, -0.25) is 9.59 Å². The molecule has 0 spiro atoms. The van der Waals surface area contributed by atoms with E-state index in [1.807, 2.05) is 35.2 Å². The second kappa shape index (κ2) is 8.91. The highest BCUT2D eigenvalue weighted by Crippen LogP contribution is 2.26. The lowest BCUT2D eigenvalue weighted by Crippen LogP contribution is -2.35. The van der Waals surface area contributed by atoms with Crippen molar-refractivity contribution in [2.45, 2.75) is 18.9 Å². The summed E-state index contributed by atoms with van der Waals surface area (Å²) in [6, 6.07) is 21.6. The first-order valence-electron chi connectivity index (χ1n) is 10.0. The van der Waals surface area contributed by atoms with Crippen LogP contribution in [-0.2, 0) is 4.79 Å². The van der Waals surface area contributed by atoms with Gasteiger partial charge in [-0.1, -0.05) is 30.3 Å². The normalized spacial score (nSPS) is 14.4. The Labute approximate surface area is 174 Å². The quantitative estimate of drug-likeness (QED) is 0.556. The summed E-state index contributed by atoms with van der Waals surface area (Å²) < 4.78 is 19.2. The number of hydrogen-bond acceptors (Lipinski definition) is 3. The average Bonchev–Trinajstić information content (AvgIpc) is 3.33. The highest BCUT2D eigenvalue weighted by Gasteiger charge is 2.29. The van der Waals surface area contributed by atoms with Crippen LogP contribution < -0.4 is 4.74 Å². The van der Waals surface area contributed by atoms with Crippen LogP contribution in [0.1, 0.15) is 40.4 Å². The average molecular weight is 403 g/mol. The Morgan fingerprint density at radius 1 is 0.800 bits per heavy atom. The maximum atomic E-state index is 13.1. The first-order chi connectivity index (χ1) is 14.6. The van der Waals surface area contributed by atoms with Gasteiger partial charge in [-0.2, -0.15) is 0 Å². The summed E-state index contributed by atoms with van der Waals surface area (Å²) in [6.45, 7) is 1.49. The number of nitrogens with zero attached hydrogens (tertiary/aromatic N) is 1. The fourth-order valence-corrected chi connectivity index (χ4v) is 3.58. The third-order valence-corrected chi connectivity index (χ3v) is 5.22. The summed E-state index contributed by atoms with van der Waals surface area (Å²) in [4.78, 5) is 27.5. The van der Waals surface area contributed by atoms with Gasteiger partial charge < -0.3 is 9.64 Å². The fraction of sp³-hybridized carbons (Fsp3) is 0.200. The second-order valence-electron chi connectivity index (χ2n) is 7.30. The van der Waals surface area contributed by atoms with E-state index in [1.54, 1.807) is 24.3 Å². The van der Waals surface area contributed by atoms with Crippen molar-refractivity contribution in [3.05, 3.63) is 101 Å². The standard InChI is InChI=1S/C25H22FNO3/c26-21-12-8-18(9-13-21)23(28)19-10-14-22(15-11-19)30-24(20-6-2-1-3-7-20)25(29)27-16-4-5-17-27/h1-3,6-15,24H,4-5,16-17H2/t24-/m0/s1. The number of likely N-dealkylation sites (tertiary alicyclic amines) is 1. The number of benzene rings is 3. The summed E-state index contributed by atoms with van der Waals surface area (Å²) >= 11 is 0. The van der Waals surface area contributed by atoms with Crippen LogP contribution in [0, 0.1) is 5.82 Å². The van der Waals surface area contributed by atoms with Crippen LogP contribution in [-0.4, -0.2) is 29.7 Å². The van der Waals surface area contributed by atoms with E-state index in [1.165, 1.54) is 24.3 Å². The van der Waals surface area contributed by atoms with Crippen molar-refractivity contribution in [1.29, 1.82) is 0 Å². The van der Waals surface area contributed by atoms with Crippen LogP contribution in [0.4, 0.5) is 4.39 Å². The molecule has 0 N–H and O–H groups in total. The summed E-state index contributed by atoms with van der Waals surface area (Å²) in [7, 11) is 0. The molecule has 1 amide bonds. The van der Waals surface area contributed by atoms with E-state index in [9.17, 15) is 14.0 Å². The first-order valence-corrected chi connectivity index (χ1v) is 10.0. The van der Waals surface area contributed by atoms with Crippen LogP contribution >= 0.6 is 0 Å². The Balaban J connectivity index is 1.53. The van der Waals surface area contributed by atoms with E-state index in [4.69, 9.17) is 4.74 Å². The van der Waals surface area contributed by atoms with Gasteiger partial charge in [0.2, 0.25) is 6.10 Å². The van der Waals surface area contributed by atoms with Crippen molar-refractivity contribution in [2.24, 2.45) is 0 Å². The van der Waals surface area contributed by atoms with E-state index < -0.39 is 6.10 Å². The molecule has 1 aliphatic heterocycles. The predicted molar refractivity (Wildman–Crippen MR) is 112 cm³/mol. The molecule has 1 fully saturated rings. The molecule has 0 radical (unpaired) electrons. The van der Waals surface area contributed by atoms with Crippen molar-refractivity contribution in [3.63, 3.8) is 0 Å². The SMILES string of the molecule is O=C(c1ccc(F)cc1)c1ccc(O[C@H](C(=O)N2CCCC2)c2ccccc2)cc1. The molecule has 0 aromatic heterocycles. The molecule has 0 bridgehead atoms. The zero-order valence-electron chi connectivity index (χ0n) is 16.5. The Bertz CT molecular complexity index is 1010. The number of ether oxygens (including phenoxy) is 1. The van der Waals surface area contributed by atoms with Crippen LogP contribution in [0.3, 0.4) is 0 Å². The minimum Gasteiger partial charge on any atom is -0.476 e. The zero-order chi connectivity index (χ0) is 20.9. The predicted octanol–water partition coefficient (Wildman–Crippen LogP) is 4.80. The number of amides is 1. The summed E-state index contributed by atoms with van der Waals surface area (Å²) in [6.07, 6.45) is 1.28. The molecular weight excluding hydrogens is 381 g/mol. The Morgan fingerprint density at radius 2 is 1.37 bits per heavy atom. The molecule has 3 aromatic carbocycles. The van der Waals surface area contributed by atoms with Gasteiger partial charge in [0, 0.05) is 29.8 Å². The van der Waals surface area contributed by atoms with Crippen LogP contribution in [0.25, 0.3) is 0 Å². The molecule has 0 saturated carbocycles. The minimum absolute atomic E-state index is 0.0508. The monoisotopic (exact) mass is 403 g/mol. The number of rotatable bonds is 6. The maximum absolute atomic E-state index is 13.1. The van der Waals surface area contributed by atoms with Gasteiger partial charge in [0.25, 0.3) is 5.91 Å². The smallest absolute Gasteiger partial charge is 0.268 e. The van der Waals surface area contributed by atoms with Crippen molar-refractivity contribution in [1.82, 2.24) is 4.90 Å². The van der Waals surface area contributed by atoms with Gasteiger partial charge in [-0.15, -0.1) is 0 Å². The first kappa shape index (κ1) is 19.8. The highest BCUT2D eigenvalue weighted by atomic mass is 19.1. The maximum Gasteiger partial charge on any atom is 0.268 e. The largest absolute Gasteiger partial charge is 0.476 e. The number of carbonyl (C=O) groups is 2. The molecule has 4 rings (SSSR count). The van der Waals surface area contributed by atoms with E-state index in [0.717, 1.165) is 31.5 Å². The van der Waals surface area contributed by atoms with Gasteiger partial charge >= 0.3 is 0 Å². The molecule has 3 aromatic rings. The molecule has 1 atom stereocenters. The molecule has 1 aliphatic rings. The van der Waals surface area contributed by atoms with Gasteiger partial charge in [0.05, 0.1) is 0 Å². The molecule has 1 saturated heterocycles. The molecule has 30 heavy (non-hydrogen) atoms. The summed E-state index contributed by atoms with van der Waals surface area (Å²) in [5.41, 5.74) is 1.67. The third kappa shape index (κ3) is 4.40. The van der Waals surface area contributed by atoms with Gasteiger partial charge in [0.1, 0.15) is 11.6 Å². The Kier molecular flexibility index (Phi) is 5.89. The molecule has 5 heteroatoms. The minimum atomic E-state index is -0.733. The second-order valence-corrected chi connectivity index (χ2v) is 7.30. The van der Waals surface area contributed by atoms with E-state index in [0.29, 0.717) is 16.9 Å². The van der Waals surface area contributed by atoms with Gasteiger partial charge in [0.15, 0.2) is 5.78 Å². The van der Waals surface area contributed by atoms with Crippen LogP contribution in [0.15, 0.2) is 78.9 Å². The Hall–Kier alpha value is -3.47. The van der Waals surface area contributed by atoms with Gasteiger partial charge in [-0.25, -0.2) is 4.39 Å². The molecular formula is C25H22FNO3. The van der Waals surface area contributed by atoms with Crippen LogP contribution in [0.2, 0.25) is 0 Å². The van der Waals surface area contributed by atoms with E-state index >= 15 is 0 Å². The number of carbonyl (C=O) groups excluding carboxylic acids is 2. The number of halogens is 1. The highest BCUT2D eigenvalue weighted by molar-refractivity contribution is 6.09. The van der Waals surface area contributed by atoms with Crippen molar-refractivity contribution in [3.8, 4) is 5.75 Å². The molecule has 1 heterocycles. The summed E-state index contributed by atoms with van der Waals surface area (Å²) in [5, 5.41) is 0. The fourth-order valence-electron chi connectivity index (χ4n) is 3.58. The molecule has 152 valence electrons. The summed E-state index contributed by atoms with van der Waals surface area (Å²) in [5.74, 6) is -0.128. The number of ketones is 1. The zero-order valence-corrected chi connectivity index (χ0v) is 16.5. The molecule has 0 unspecified atom stereocenters. The van der Waals surface area contributed by atoms with Gasteiger partial charge in [-0.05, 0) is 61.4 Å². The third-order valence-electron chi connectivity index (χ3n) is 5.22. The molecule has 4 nitrogen and oxygen atoms in total. The van der Waals surface area contributed by atoms with Crippen molar-refractivity contribution < 1.29 is 18.7 Å². The lowest BCUT2D eigenvalue weighted by Gasteiger charge is -2.24. The topological polar surface area (TPSA) is 46.6 Å². The molecule has 0 aliphatic carbocycles. The Morgan fingerprint density at radius 3 is 1.97 bits per heavy atom. The van der Waals surface area contributed by atoms with E-state index in [2.05, 4.69) is 0 Å². The lowest BCUT2D eigenvalue weighted by molar-refractivity contribution is -0.137. The van der Waals surface area contributed by atoms with Crippen molar-refractivity contribution in [2.75, 3.05) is 13.1 Å². The lowest BCUT2D eigenvalue weighted by atomic mass is 10.0. The van der Waals surface area contributed by atoms with E-state index in [-0.39, 0.29) is 17.5 Å².